The number of carboxylic acids is 1. The second-order valence-corrected chi connectivity index (χ2v) is 3.77. The van der Waals surface area contributed by atoms with Gasteiger partial charge in [0, 0.05) is 11.4 Å². The number of carboxylic acid groups (broad SMARTS) is 1. The van der Waals surface area contributed by atoms with Crippen molar-refractivity contribution in [1.29, 1.82) is 0 Å². The molecular formula is C12H11N3O3. The summed E-state index contributed by atoms with van der Waals surface area (Å²) in [5, 5.41) is 17.9. The van der Waals surface area contributed by atoms with Gasteiger partial charge in [-0.2, -0.15) is 5.10 Å². The number of rotatable bonds is 3. The number of carbonyl (C=O) groups is 2. The van der Waals surface area contributed by atoms with Gasteiger partial charge in [0.15, 0.2) is 5.69 Å². The predicted molar refractivity (Wildman–Crippen MR) is 64.7 cm³/mol. The average molecular weight is 245 g/mol. The Morgan fingerprint density at radius 2 is 1.94 bits per heavy atom. The molecule has 0 aliphatic carbocycles. The fraction of sp³-hybridized carbons (Fsp3) is 0.0833. The van der Waals surface area contributed by atoms with Crippen LogP contribution in [0, 0.1) is 6.92 Å². The minimum atomic E-state index is -1.00. The molecule has 18 heavy (non-hydrogen) atoms. The van der Waals surface area contributed by atoms with E-state index in [1.807, 2.05) is 0 Å². The van der Waals surface area contributed by atoms with Crippen molar-refractivity contribution in [3.05, 3.63) is 47.3 Å². The molecule has 1 amide bonds. The van der Waals surface area contributed by atoms with Gasteiger partial charge in [0.1, 0.15) is 0 Å². The molecular weight excluding hydrogens is 234 g/mol. The van der Waals surface area contributed by atoms with Crippen LogP contribution in [0.15, 0.2) is 30.3 Å². The van der Waals surface area contributed by atoms with Gasteiger partial charge < -0.3 is 10.4 Å². The molecule has 0 saturated carbocycles. The molecule has 0 unspecified atom stereocenters. The first-order valence-corrected chi connectivity index (χ1v) is 5.23. The van der Waals surface area contributed by atoms with Crippen LogP contribution >= 0.6 is 0 Å². The first kappa shape index (κ1) is 11.8. The molecule has 1 aromatic heterocycles. The van der Waals surface area contributed by atoms with Crippen LogP contribution in [0.1, 0.15) is 26.5 Å². The minimum Gasteiger partial charge on any atom is -0.478 e. The fourth-order valence-electron chi connectivity index (χ4n) is 1.43. The molecule has 0 radical (unpaired) electrons. The number of aromatic amines is 1. The van der Waals surface area contributed by atoms with Crippen molar-refractivity contribution >= 4 is 17.6 Å². The minimum absolute atomic E-state index is 0.170. The summed E-state index contributed by atoms with van der Waals surface area (Å²) in [7, 11) is 0. The molecule has 1 aromatic carbocycles. The predicted octanol–water partition coefficient (Wildman–Crippen LogP) is 1.67. The van der Waals surface area contributed by atoms with Gasteiger partial charge in [-0.25, -0.2) is 4.79 Å². The number of hydrogen-bond acceptors (Lipinski definition) is 3. The van der Waals surface area contributed by atoms with Crippen molar-refractivity contribution in [3.8, 4) is 0 Å². The van der Waals surface area contributed by atoms with E-state index in [2.05, 4.69) is 15.5 Å². The number of anilines is 1. The molecule has 0 aliphatic heterocycles. The number of nitrogens with zero attached hydrogens (tertiary/aromatic N) is 1. The highest BCUT2D eigenvalue weighted by Crippen LogP contribution is 2.11. The summed E-state index contributed by atoms with van der Waals surface area (Å²) in [5.74, 6) is -1.35. The average Bonchev–Trinajstić information content (AvgIpc) is 2.76. The zero-order valence-electron chi connectivity index (χ0n) is 9.60. The first-order chi connectivity index (χ1) is 8.56. The Morgan fingerprint density at radius 3 is 2.44 bits per heavy atom. The van der Waals surface area contributed by atoms with Gasteiger partial charge in [-0.3, -0.25) is 9.89 Å². The van der Waals surface area contributed by atoms with Crippen LogP contribution in [0.2, 0.25) is 0 Å². The van der Waals surface area contributed by atoms with Crippen LogP contribution in [0.5, 0.6) is 0 Å². The monoisotopic (exact) mass is 245 g/mol. The Balaban J connectivity index is 2.10. The lowest BCUT2D eigenvalue weighted by molar-refractivity contribution is 0.0696. The van der Waals surface area contributed by atoms with Crippen molar-refractivity contribution in [2.24, 2.45) is 0 Å². The summed E-state index contributed by atoms with van der Waals surface area (Å²) in [4.78, 5) is 22.4. The van der Waals surface area contributed by atoms with Crippen molar-refractivity contribution in [3.63, 3.8) is 0 Å². The van der Waals surface area contributed by atoms with Gasteiger partial charge in [-0.05, 0) is 37.3 Å². The second-order valence-electron chi connectivity index (χ2n) is 3.77. The highest BCUT2D eigenvalue weighted by molar-refractivity contribution is 6.03. The first-order valence-electron chi connectivity index (χ1n) is 5.23. The summed E-state index contributed by atoms with van der Waals surface area (Å²) < 4.78 is 0. The van der Waals surface area contributed by atoms with E-state index in [1.165, 1.54) is 24.3 Å². The maximum Gasteiger partial charge on any atom is 0.335 e. The molecule has 3 N–H and O–H groups in total. The third-order valence-electron chi connectivity index (χ3n) is 2.33. The molecule has 6 heteroatoms. The number of hydrogen-bond donors (Lipinski definition) is 3. The van der Waals surface area contributed by atoms with Crippen molar-refractivity contribution in [2.45, 2.75) is 6.92 Å². The standard InChI is InChI=1S/C12H11N3O3/c1-7-6-10(15-14-7)11(16)13-9-4-2-8(3-5-9)12(17)18/h2-6H,1H3,(H,13,16)(H,14,15)(H,17,18). The quantitative estimate of drug-likeness (QED) is 0.766. The number of benzene rings is 1. The third-order valence-corrected chi connectivity index (χ3v) is 2.33. The highest BCUT2D eigenvalue weighted by Gasteiger charge is 2.09. The third kappa shape index (κ3) is 2.54. The zero-order chi connectivity index (χ0) is 13.1. The molecule has 2 rings (SSSR count). The molecule has 0 aliphatic rings. The molecule has 0 bridgehead atoms. The van der Waals surface area contributed by atoms with E-state index in [0.29, 0.717) is 5.69 Å². The Morgan fingerprint density at radius 1 is 1.28 bits per heavy atom. The lowest BCUT2D eigenvalue weighted by Gasteiger charge is -2.03. The summed E-state index contributed by atoms with van der Waals surface area (Å²) in [6.45, 7) is 1.80. The molecule has 0 saturated heterocycles. The fourth-order valence-corrected chi connectivity index (χ4v) is 1.43. The van der Waals surface area contributed by atoms with Crippen LogP contribution in [0.4, 0.5) is 5.69 Å². The van der Waals surface area contributed by atoms with Crippen LogP contribution in [0.25, 0.3) is 0 Å². The van der Waals surface area contributed by atoms with Gasteiger partial charge in [0.05, 0.1) is 5.56 Å². The van der Waals surface area contributed by atoms with E-state index in [4.69, 9.17) is 5.11 Å². The number of amides is 1. The van der Waals surface area contributed by atoms with Gasteiger partial charge in [-0.1, -0.05) is 0 Å². The maximum absolute atomic E-state index is 11.7. The largest absolute Gasteiger partial charge is 0.478 e. The Labute approximate surface area is 103 Å². The number of aryl methyl sites for hydroxylation is 1. The Hall–Kier alpha value is -2.63. The highest BCUT2D eigenvalue weighted by atomic mass is 16.4. The number of aromatic nitrogens is 2. The summed E-state index contributed by atoms with van der Waals surface area (Å²) >= 11 is 0. The van der Waals surface area contributed by atoms with E-state index in [1.54, 1.807) is 13.0 Å². The molecule has 2 aromatic rings. The SMILES string of the molecule is Cc1cc(C(=O)Nc2ccc(C(=O)O)cc2)n[nH]1. The van der Waals surface area contributed by atoms with E-state index in [9.17, 15) is 9.59 Å². The number of aromatic carboxylic acids is 1. The van der Waals surface area contributed by atoms with Gasteiger partial charge in [0.2, 0.25) is 0 Å². The van der Waals surface area contributed by atoms with Crippen molar-refractivity contribution in [2.75, 3.05) is 5.32 Å². The summed E-state index contributed by atoms with van der Waals surface area (Å²) in [6.07, 6.45) is 0. The van der Waals surface area contributed by atoms with Crippen LogP contribution in [-0.2, 0) is 0 Å². The molecule has 6 nitrogen and oxygen atoms in total. The second kappa shape index (κ2) is 4.70. The smallest absolute Gasteiger partial charge is 0.335 e. The molecule has 0 atom stereocenters. The number of H-pyrrole nitrogens is 1. The topological polar surface area (TPSA) is 95.1 Å². The van der Waals surface area contributed by atoms with Crippen LogP contribution in [-0.4, -0.2) is 27.2 Å². The van der Waals surface area contributed by atoms with Crippen LogP contribution in [0.3, 0.4) is 0 Å². The van der Waals surface area contributed by atoms with E-state index >= 15 is 0 Å². The maximum atomic E-state index is 11.7. The molecule has 0 spiro atoms. The van der Waals surface area contributed by atoms with E-state index < -0.39 is 5.97 Å². The van der Waals surface area contributed by atoms with Crippen LogP contribution < -0.4 is 5.32 Å². The lowest BCUT2D eigenvalue weighted by Crippen LogP contribution is -2.12. The van der Waals surface area contributed by atoms with Gasteiger partial charge in [0.25, 0.3) is 5.91 Å². The lowest BCUT2D eigenvalue weighted by atomic mass is 10.2. The Bertz CT molecular complexity index is 587. The van der Waals surface area contributed by atoms with Gasteiger partial charge in [-0.15, -0.1) is 0 Å². The zero-order valence-corrected chi connectivity index (χ0v) is 9.60. The normalized spacial score (nSPS) is 10.1. The molecule has 92 valence electrons. The number of nitrogens with one attached hydrogen (secondary N) is 2. The van der Waals surface area contributed by atoms with E-state index in [-0.39, 0.29) is 17.2 Å². The van der Waals surface area contributed by atoms with E-state index in [0.717, 1.165) is 5.69 Å². The summed E-state index contributed by atoms with van der Waals surface area (Å²) in [6, 6.07) is 7.53. The molecule has 1 heterocycles. The number of carbonyl (C=O) groups excluding carboxylic acids is 1. The van der Waals surface area contributed by atoms with Crippen molar-refractivity contribution < 1.29 is 14.7 Å². The Kier molecular flexibility index (Phi) is 3.09. The van der Waals surface area contributed by atoms with Gasteiger partial charge >= 0.3 is 5.97 Å². The molecule has 0 fully saturated rings. The summed E-state index contributed by atoms with van der Waals surface area (Å²) in [5.41, 5.74) is 1.77. The van der Waals surface area contributed by atoms with Crippen molar-refractivity contribution in [1.82, 2.24) is 10.2 Å².